The van der Waals surface area contributed by atoms with Gasteiger partial charge in [-0.1, -0.05) is 24.3 Å². The van der Waals surface area contributed by atoms with E-state index in [1.165, 1.54) is 16.8 Å². The summed E-state index contributed by atoms with van der Waals surface area (Å²) in [6.07, 6.45) is 6.71. The average Bonchev–Trinajstić information content (AvgIpc) is 3.14. The summed E-state index contributed by atoms with van der Waals surface area (Å²) >= 11 is 0. The van der Waals surface area contributed by atoms with Gasteiger partial charge in [-0.05, 0) is 24.8 Å². The van der Waals surface area contributed by atoms with E-state index in [1.807, 2.05) is 12.5 Å². The van der Waals surface area contributed by atoms with E-state index in [0.717, 1.165) is 32.5 Å². The maximum Gasteiger partial charge on any atom is 0.0956 e. The van der Waals surface area contributed by atoms with Gasteiger partial charge in [0.15, 0.2) is 0 Å². The lowest BCUT2D eigenvalue weighted by molar-refractivity contribution is -0.173. The van der Waals surface area contributed by atoms with Crippen molar-refractivity contribution in [1.82, 2.24) is 9.55 Å². The molecule has 1 saturated carbocycles. The van der Waals surface area contributed by atoms with Crippen LogP contribution in [0.2, 0.25) is 0 Å². The summed E-state index contributed by atoms with van der Waals surface area (Å²) in [4.78, 5) is 4.32. The van der Waals surface area contributed by atoms with Crippen LogP contribution >= 0.6 is 0 Å². The van der Waals surface area contributed by atoms with Crippen LogP contribution in [0.25, 0.3) is 11.3 Å². The van der Waals surface area contributed by atoms with Crippen LogP contribution in [0, 0.1) is 11.3 Å². The molecular weight excluding hydrogens is 276 g/mol. The van der Waals surface area contributed by atoms with Gasteiger partial charge in [-0.15, -0.1) is 0 Å². The smallest absolute Gasteiger partial charge is 0.0956 e. The molecule has 1 aliphatic carbocycles. The van der Waals surface area contributed by atoms with E-state index in [1.54, 1.807) is 0 Å². The van der Waals surface area contributed by atoms with Crippen LogP contribution in [0.15, 0.2) is 36.8 Å². The van der Waals surface area contributed by atoms with Crippen molar-refractivity contribution in [3.05, 3.63) is 42.4 Å². The van der Waals surface area contributed by atoms with Crippen molar-refractivity contribution < 1.29 is 9.84 Å². The van der Waals surface area contributed by atoms with E-state index in [-0.39, 0.29) is 23.5 Å². The maximum absolute atomic E-state index is 10.9. The normalized spacial score (nSPS) is 31.6. The molecular formula is C18H20N2O2. The minimum atomic E-state index is -0.234. The Bertz CT molecular complexity index is 717. The molecule has 2 aromatic rings. The zero-order valence-corrected chi connectivity index (χ0v) is 12.5. The Morgan fingerprint density at radius 1 is 1.23 bits per heavy atom. The monoisotopic (exact) mass is 296 g/mol. The highest BCUT2D eigenvalue weighted by Crippen LogP contribution is 2.59. The van der Waals surface area contributed by atoms with Crippen LogP contribution in [0.3, 0.4) is 0 Å². The number of rotatable bonds is 1. The largest absolute Gasteiger partial charge is 0.392 e. The quantitative estimate of drug-likeness (QED) is 0.880. The molecule has 4 heteroatoms. The summed E-state index contributed by atoms with van der Waals surface area (Å²) in [7, 11) is 0. The highest BCUT2D eigenvalue weighted by Gasteiger charge is 2.57. The van der Waals surface area contributed by atoms with Gasteiger partial charge >= 0.3 is 0 Å². The highest BCUT2D eigenvalue weighted by molar-refractivity contribution is 5.69. The van der Waals surface area contributed by atoms with E-state index in [9.17, 15) is 5.11 Å². The Labute approximate surface area is 129 Å². The lowest BCUT2D eigenvalue weighted by Gasteiger charge is -2.56. The molecule has 2 aliphatic heterocycles. The number of hydrogen-bond donors (Lipinski definition) is 1. The molecule has 0 unspecified atom stereocenters. The molecule has 5 rings (SSSR count). The fourth-order valence-corrected chi connectivity index (χ4v) is 4.87. The van der Waals surface area contributed by atoms with E-state index < -0.39 is 0 Å². The van der Waals surface area contributed by atoms with Gasteiger partial charge in [-0.2, -0.15) is 0 Å². The SMILES string of the molecule is O[C@H]1[C@@H]([C@@H]2c3ccccc3-c3cncn32)CC12CCOCC2. The van der Waals surface area contributed by atoms with Crippen LogP contribution in [0.5, 0.6) is 0 Å². The first-order valence-electron chi connectivity index (χ1n) is 8.17. The van der Waals surface area contributed by atoms with Crippen molar-refractivity contribution in [2.45, 2.75) is 31.4 Å². The number of fused-ring (bicyclic) bond motifs is 3. The van der Waals surface area contributed by atoms with Crippen LogP contribution in [0.1, 0.15) is 30.9 Å². The molecule has 1 saturated heterocycles. The molecule has 3 aliphatic rings. The topological polar surface area (TPSA) is 47.3 Å². The van der Waals surface area contributed by atoms with Gasteiger partial charge in [0.1, 0.15) is 0 Å². The van der Waals surface area contributed by atoms with Crippen molar-refractivity contribution >= 4 is 0 Å². The average molecular weight is 296 g/mol. The third-order valence-corrected chi connectivity index (χ3v) is 6.09. The Kier molecular flexibility index (Phi) is 2.59. The van der Waals surface area contributed by atoms with Crippen molar-refractivity contribution in [2.24, 2.45) is 11.3 Å². The number of hydrogen-bond acceptors (Lipinski definition) is 3. The van der Waals surface area contributed by atoms with Crippen molar-refractivity contribution in [1.29, 1.82) is 0 Å². The molecule has 3 heterocycles. The first-order valence-corrected chi connectivity index (χ1v) is 8.17. The van der Waals surface area contributed by atoms with Crippen LogP contribution < -0.4 is 0 Å². The van der Waals surface area contributed by atoms with E-state index in [2.05, 4.69) is 33.8 Å². The predicted octanol–water partition coefficient (Wildman–Crippen LogP) is 2.63. The molecule has 0 bridgehead atoms. The molecule has 2 fully saturated rings. The van der Waals surface area contributed by atoms with E-state index >= 15 is 0 Å². The Morgan fingerprint density at radius 3 is 2.86 bits per heavy atom. The zero-order valence-electron chi connectivity index (χ0n) is 12.5. The second-order valence-electron chi connectivity index (χ2n) is 7.01. The third-order valence-electron chi connectivity index (χ3n) is 6.09. The second-order valence-corrected chi connectivity index (χ2v) is 7.01. The number of aliphatic hydroxyl groups excluding tert-OH is 1. The molecule has 0 amide bonds. The number of imidazole rings is 1. The molecule has 4 nitrogen and oxygen atoms in total. The molecule has 1 aromatic carbocycles. The van der Waals surface area contributed by atoms with Gasteiger partial charge < -0.3 is 14.4 Å². The van der Waals surface area contributed by atoms with Crippen LogP contribution in [-0.4, -0.2) is 34.0 Å². The fourth-order valence-electron chi connectivity index (χ4n) is 4.87. The van der Waals surface area contributed by atoms with E-state index in [0.29, 0.717) is 0 Å². The van der Waals surface area contributed by atoms with Crippen molar-refractivity contribution in [2.75, 3.05) is 13.2 Å². The van der Waals surface area contributed by atoms with Gasteiger partial charge in [0.25, 0.3) is 0 Å². The first kappa shape index (κ1) is 12.9. The standard InChI is InChI=1S/C18H20N2O2/c21-17-14(9-18(17)5-7-22-8-6-18)16-13-4-2-1-3-12(13)15-10-19-11-20(15)16/h1-4,10-11,14,16-17,21H,5-9H2/t14-,16+,17+/m1/s1. The summed E-state index contributed by atoms with van der Waals surface area (Å²) < 4.78 is 7.74. The molecule has 0 radical (unpaired) electrons. The van der Waals surface area contributed by atoms with Crippen molar-refractivity contribution in [3.63, 3.8) is 0 Å². The van der Waals surface area contributed by atoms with Gasteiger partial charge in [0.05, 0.1) is 30.4 Å². The third kappa shape index (κ3) is 1.52. The Morgan fingerprint density at radius 2 is 2.05 bits per heavy atom. The van der Waals surface area contributed by atoms with Gasteiger partial charge in [-0.3, -0.25) is 0 Å². The van der Waals surface area contributed by atoms with Crippen LogP contribution in [-0.2, 0) is 4.74 Å². The highest BCUT2D eigenvalue weighted by atomic mass is 16.5. The van der Waals surface area contributed by atoms with Gasteiger partial charge in [-0.25, -0.2) is 4.98 Å². The molecule has 1 N–H and O–H groups in total. The summed E-state index contributed by atoms with van der Waals surface area (Å²) in [5, 5.41) is 10.9. The van der Waals surface area contributed by atoms with Gasteiger partial charge in [0, 0.05) is 30.1 Å². The minimum Gasteiger partial charge on any atom is -0.392 e. The zero-order chi connectivity index (χ0) is 14.7. The van der Waals surface area contributed by atoms with Gasteiger partial charge in [0.2, 0.25) is 0 Å². The number of nitrogens with zero attached hydrogens (tertiary/aromatic N) is 2. The Hall–Kier alpha value is -1.65. The summed E-state index contributed by atoms with van der Waals surface area (Å²) in [5.74, 6) is 0.287. The van der Waals surface area contributed by atoms with Crippen LogP contribution in [0.4, 0.5) is 0 Å². The second kappa shape index (κ2) is 4.43. The fraction of sp³-hybridized carbons (Fsp3) is 0.500. The Balaban J connectivity index is 1.52. The molecule has 114 valence electrons. The summed E-state index contributed by atoms with van der Waals surface area (Å²) in [5.41, 5.74) is 3.89. The molecule has 3 atom stereocenters. The predicted molar refractivity (Wildman–Crippen MR) is 82.4 cm³/mol. The minimum absolute atomic E-state index is 0.0984. The lowest BCUT2D eigenvalue weighted by atomic mass is 9.53. The summed E-state index contributed by atoms with van der Waals surface area (Å²) in [6.45, 7) is 1.59. The number of benzene rings is 1. The molecule has 1 spiro atoms. The number of ether oxygens (including phenoxy) is 1. The number of aliphatic hydroxyl groups is 1. The molecule has 1 aromatic heterocycles. The van der Waals surface area contributed by atoms with Crippen molar-refractivity contribution in [3.8, 4) is 11.3 Å². The van der Waals surface area contributed by atoms with E-state index in [4.69, 9.17) is 4.74 Å². The lowest BCUT2D eigenvalue weighted by Crippen LogP contribution is -2.57. The maximum atomic E-state index is 10.9. The molecule has 22 heavy (non-hydrogen) atoms. The summed E-state index contributed by atoms with van der Waals surface area (Å²) in [6, 6.07) is 8.78. The first-order chi connectivity index (χ1) is 10.8. The number of aromatic nitrogens is 2.